The highest BCUT2D eigenvalue weighted by Gasteiger charge is 2.39. The minimum absolute atomic E-state index is 0.0491. The van der Waals surface area contributed by atoms with Crippen LogP contribution in [-0.2, 0) is 10.2 Å². The molecule has 6 nitrogen and oxygen atoms in total. The van der Waals surface area contributed by atoms with E-state index in [1.807, 2.05) is 31.0 Å². The molecule has 0 aromatic heterocycles. The van der Waals surface area contributed by atoms with Gasteiger partial charge in [-0.15, -0.1) is 0 Å². The Labute approximate surface area is 185 Å². The van der Waals surface area contributed by atoms with E-state index in [9.17, 15) is 9.18 Å². The van der Waals surface area contributed by atoms with E-state index in [4.69, 9.17) is 0 Å². The zero-order valence-electron chi connectivity index (χ0n) is 18.9. The molecule has 0 spiro atoms. The summed E-state index contributed by atoms with van der Waals surface area (Å²) >= 11 is 0. The van der Waals surface area contributed by atoms with Crippen molar-refractivity contribution in [3.63, 3.8) is 0 Å². The fraction of sp³-hybridized carbons (Fsp3) is 0.667. The van der Waals surface area contributed by atoms with Gasteiger partial charge >= 0.3 is 0 Å². The maximum absolute atomic E-state index is 13.4. The summed E-state index contributed by atoms with van der Waals surface area (Å²) in [6.45, 7) is 8.14. The first kappa shape index (κ1) is 22.1. The summed E-state index contributed by atoms with van der Waals surface area (Å²) in [5.41, 5.74) is 1.28. The van der Waals surface area contributed by atoms with Crippen molar-refractivity contribution in [1.29, 1.82) is 0 Å². The van der Waals surface area contributed by atoms with Crippen LogP contribution in [0.3, 0.4) is 0 Å². The van der Waals surface area contributed by atoms with Gasteiger partial charge in [0.25, 0.3) is 0 Å². The summed E-state index contributed by atoms with van der Waals surface area (Å²) in [6, 6.07) is 6.93. The maximum atomic E-state index is 13.4. The first-order chi connectivity index (χ1) is 15.0. The van der Waals surface area contributed by atoms with E-state index in [-0.39, 0.29) is 23.2 Å². The van der Waals surface area contributed by atoms with Crippen LogP contribution >= 0.6 is 0 Å². The third-order valence-electron chi connectivity index (χ3n) is 7.50. The molecule has 0 radical (unpaired) electrons. The molecule has 1 atom stereocenters. The zero-order valence-corrected chi connectivity index (χ0v) is 18.9. The molecule has 1 saturated carbocycles. The van der Waals surface area contributed by atoms with Gasteiger partial charge in [0.05, 0.1) is 6.04 Å². The van der Waals surface area contributed by atoms with E-state index in [0.29, 0.717) is 0 Å². The number of piperazine rings is 1. The highest BCUT2D eigenvalue weighted by atomic mass is 19.1. The highest BCUT2D eigenvalue weighted by Crippen LogP contribution is 2.43. The number of rotatable bonds is 5. The minimum Gasteiger partial charge on any atom is -0.355 e. The standard InChI is InChI=1S/C24H36FN5O/c1-19(22(31)29-12-3-4-13-29)28-14-16-30(17-15-28)23(26-2)27-18-24(10-5-11-24)20-6-8-21(25)9-7-20/h6-9,19H,3-5,10-18H2,1-2H3,(H,26,27). The molecule has 2 saturated heterocycles. The molecule has 0 bridgehead atoms. The van der Waals surface area contributed by atoms with Gasteiger partial charge in [0.2, 0.25) is 5.91 Å². The van der Waals surface area contributed by atoms with Crippen molar-refractivity contribution in [2.45, 2.75) is 50.5 Å². The van der Waals surface area contributed by atoms with E-state index in [2.05, 4.69) is 20.1 Å². The number of carbonyl (C=O) groups is 1. The van der Waals surface area contributed by atoms with Crippen LogP contribution in [0.1, 0.15) is 44.6 Å². The number of benzene rings is 1. The number of carbonyl (C=O) groups excluding carboxylic acids is 1. The van der Waals surface area contributed by atoms with Gasteiger partial charge in [0, 0.05) is 58.3 Å². The van der Waals surface area contributed by atoms with Gasteiger partial charge in [0.15, 0.2) is 5.96 Å². The number of amides is 1. The van der Waals surface area contributed by atoms with Crippen molar-refractivity contribution in [1.82, 2.24) is 20.0 Å². The Bertz CT molecular complexity index is 778. The van der Waals surface area contributed by atoms with Crippen molar-refractivity contribution in [2.75, 3.05) is 52.9 Å². The molecular weight excluding hydrogens is 393 g/mol. The smallest absolute Gasteiger partial charge is 0.239 e. The summed E-state index contributed by atoms with van der Waals surface area (Å²) in [5.74, 6) is 1.02. The fourth-order valence-electron chi connectivity index (χ4n) is 5.23. The third kappa shape index (κ3) is 4.71. The lowest BCUT2D eigenvalue weighted by molar-refractivity contribution is -0.135. The van der Waals surface area contributed by atoms with Gasteiger partial charge in [-0.05, 0) is 50.3 Å². The second-order valence-electron chi connectivity index (χ2n) is 9.27. The van der Waals surface area contributed by atoms with Crippen LogP contribution in [0.15, 0.2) is 29.3 Å². The van der Waals surface area contributed by atoms with Crippen molar-refractivity contribution < 1.29 is 9.18 Å². The zero-order chi connectivity index (χ0) is 21.8. The summed E-state index contributed by atoms with van der Waals surface area (Å²) in [4.78, 5) is 23.9. The van der Waals surface area contributed by atoms with Crippen molar-refractivity contribution in [3.8, 4) is 0 Å². The third-order valence-corrected chi connectivity index (χ3v) is 7.50. The van der Waals surface area contributed by atoms with Crippen molar-refractivity contribution in [2.24, 2.45) is 4.99 Å². The second-order valence-corrected chi connectivity index (χ2v) is 9.27. The van der Waals surface area contributed by atoms with E-state index >= 15 is 0 Å². The summed E-state index contributed by atoms with van der Waals surface area (Å²) < 4.78 is 13.4. The lowest BCUT2D eigenvalue weighted by Gasteiger charge is -2.44. The molecule has 2 heterocycles. The highest BCUT2D eigenvalue weighted by molar-refractivity contribution is 5.82. The van der Waals surface area contributed by atoms with Crippen LogP contribution in [0.25, 0.3) is 0 Å². The van der Waals surface area contributed by atoms with Crippen LogP contribution in [0, 0.1) is 5.82 Å². The van der Waals surface area contributed by atoms with Crippen LogP contribution in [0.4, 0.5) is 4.39 Å². The first-order valence-electron chi connectivity index (χ1n) is 11.8. The number of guanidine groups is 1. The molecule has 1 aromatic carbocycles. The molecule has 31 heavy (non-hydrogen) atoms. The van der Waals surface area contributed by atoms with Crippen molar-refractivity contribution in [3.05, 3.63) is 35.6 Å². The average Bonchev–Trinajstić information content (AvgIpc) is 3.31. The Hall–Kier alpha value is -2.15. The van der Waals surface area contributed by atoms with E-state index < -0.39 is 0 Å². The predicted octanol–water partition coefficient (Wildman–Crippen LogP) is 2.45. The van der Waals surface area contributed by atoms with Gasteiger partial charge in [-0.3, -0.25) is 14.7 Å². The topological polar surface area (TPSA) is 51.2 Å². The Morgan fingerprint density at radius 1 is 1.03 bits per heavy atom. The first-order valence-corrected chi connectivity index (χ1v) is 11.8. The van der Waals surface area contributed by atoms with Crippen LogP contribution in [0.5, 0.6) is 0 Å². The molecule has 3 aliphatic rings. The Morgan fingerprint density at radius 2 is 1.68 bits per heavy atom. The number of nitrogens with zero attached hydrogens (tertiary/aromatic N) is 4. The van der Waals surface area contributed by atoms with Crippen LogP contribution in [0.2, 0.25) is 0 Å². The molecule has 3 fully saturated rings. The molecule has 1 aromatic rings. The molecular formula is C24H36FN5O. The number of likely N-dealkylation sites (tertiary alicyclic amines) is 1. The molecule has 4 rings (SSSR count). The van der Waals surface area contributed by atoms with E-state index in [0.717, 1.165) is 77.5 Å². The van der Waals surface area contributed by atoms with Gasteiger partial charge in [-0.1, -0.05) is 18.6 Å². The Kier molecular flexibility index (Phi) is 6.80. The average molecular weight is 430 g/mol. The number of aliphatic imine (C=N–C) groups is 1. The molecule has 170 valence electrons. The SMILES string of the molecule is CN=C(NCC1(c2ccc(F)cc2)CCC1)N1CCN(C(C)C(=O)N2CCCC2)CC1. The predicted molar refractivity (Wildman–Crippen MR) is 122 cm³/mol. The minimum atomic E-state index is -0.183. The summed E-state index contributed by atoms with van der Waals surface area (Å²) in [7, 11) is 1.83. The number of hydrogen-bond acceptors (Lipinski definition) is 3. The van der Waals surface area contributed by atoms with Gasteiger partial charge in [0.1, 0.15) is 5.82 Å². The van der Waals surface area contributed by atoms with Crippen LogP contribution in [-0.4, -0.2) is 85.5 Å². The number of hydrogen-bond donors (Lipinski definition) is 1. The molecule has 1 aliphatic carbocycles. The Morgan fingerprint density at radius 3 is 2.23 bits per heavy atom. The van der Waals surface area contributed by atoms with Crippen LogP contribution < -0.4 is 5.32 Å². The summed E-state index contributed by atoms with van der Waals surface area (Å²) in [6.07, 6.45) is 5.71. The van der Waals surface area contributed by atoms with E-state index in [1.165, 1.54) is 12.0 Å². The van der Waals surface area contributed by atoms with E-state index in [1.54, 1.807) is 12.1 Å². The van der Waals surface area contributed by atoms with Gasteiger partial charge in [-0.2, -0.15) is 0 Å². The lowest BCUT2D eigenvalue weighted by atomic mass is 9.64. The molecule has 7 heteroatoms. The Balaban J connectivity index is 1.30. The number of nitrogens with one attached hydrogen (secondary N) is 1. The largest absolute Gasteiger partial charge is 0.355 e. The monoisotopic (exact) mass is 429 g/mol. The quantitative estimate of drug-likeness (QED) is 0.577. The molecule has 1 amide bonds. The second kappa shape index (κ2) is 9.55. The molecule has 2 aliphatic heterocycles. The van der Waals surface area contributed by atoms with Gasteiger partial charge in [-0.25, -0.2) is 4.39 Å². The normalized spacial score (nSPS) is 22.9. The maximum Gasteiger partial charge on any atom is 0.239 e. The molecule has 1 unspecified atom stereocenters. The number of halogens is 1. The summed E-state index contributed by atoms with van der Waals surface area (Å²) in [5, 5.41) is 3.60. The fourth-order valence-corrected chi connectivity index (χ4v) is 5.23. The van der Waals surface area contributed by atoms with Gasteiger partial charge < -0.3 is 15.1 Å². The van der Waals surface area contributed by atoms with Crippen molar-refractivity contribution >= 4 is 11.9 Å². The molecule has 1 N–H and O–H groups in total. The lowest BCUT2D eigenvalue weighted by Crippen LogP contribution is -2.58.